The van der Waals surface area contributed by atoms with E-state index in [-0.39, 0.29) is 17.9 Å². The van der Waals surface area contributed by atoms with Crippen molar-refractivity contribution in [2.45, 2.75) is 32.2 Å². The van der Waals surface area contributed by atoms with Crippen LogP contribution >= 0.6 is 11.6 Å². The largest absolute Gasteiger partial charge is 0.492 e. The van der Waals surface area contributed by atoms with Gasteiger partial charge in [0, 0.05) is 17.6 Å². The monoisotopic (exact) mass is 346 g/mol. The number of rotatable bonds is 2. The molecule has 0 N–H and O–H groups in total. The third kappa shape index (κ3) is 2.77. The lowest BCUT2D eigenvalue weighted by Crippen LogP contribution is -2.40. The Labute approximate surface area is 145 Å². The molecular formula is C18H19ClN2O3. The maximum atomic E-state index is 13.0. The van der Waals surface area contributed by atoms with Crippen LogP contribution in [0, 0.1) is 12.8 Å². The van der Waals surface area contributed by atoms with Crippen molar-refractivity contribution in [2.75, 3.05) is 13.2 Å². The summed E-state index contributed by atoms with van der Waals surface area (Å²) >= 11 is 6.07. The predicted octanol–water partition coefficient (Wildman–Crippen LogP) is 3.55. The van der Waals surface area contributed by atoms with Crippen LogP contribution in [0.2, 0.25) is 5.02 Å². The summed E-state index contributed by atoms with van der Waals surface area (Å²) in [5, 5.41) is 4.77. The lowest BCUT2D eigenvalue weighted by Gasteiger charge is -2.30. The lowest BCUT2D eigenvalue weighted by atomic mass is 9.95. The van der Waals surface area contributed by atoms with Gasteiger partial charge in [-0.2, -0.15) is 0 Å². The molecule has 0 aliphatic carbocycles. The predicted molar refractivity (Wildman–Crippen MR) is 89.1 cm³/mol. The van der Waals surface area contributed by atoms with Crippen molar-refractivity contribution in [3.63, 3.8) is 0 Å². The quantitative estimate of drug-likeness (QED) is 0.834. The van der Waals surface area contributed by atoms with Gasteiger partial charge in [0.25, 0.3) is 0 Å². The Morgan fingerprint density at radius 1 is 1.38 bits per heavy atom. The molecule has 0 unspecified atom stereocenters. The molecule has 0 radical (unpaired) electrons. The van der Waals surface area contributed by atoms with Gasteiger partial charge in [0.05, 0.1) is 12.0 Å². The molecule has 2 atom stereocenters. The van der Waals surface area contributed by atoms with E-state index in [1.54, 1.807) is 0 Å². The van der Waals surface area contributed by atoms with E-state index in [2.05, 4.69) is 5.16 Å². The van der Waals surface area contributed by atoms with Gasteiger partial charge in [0.1, 0.15) is 23.8 Å². The molecule has 2 aliphatic rings. The van der Waals surface area contributed by atoms with Gasteiger partial charge in [-0.15, -0.1) is 0 Å². The SMILES string of the molecule is Cc1cc([C@H]2CCCN2C(=O)[C@@H]2COc3ccc(Cl)cc3C2)no1. The Bertz CT molecular complexity index is 773. The minimum Gasteiger partial charge on any atom is -0.492 e. The Morgan fingerprint density at radius 3 is 3.04 bits per heavy atom. The van der Waals surface area contributed by atoms with Gasteiger partial charge >= 0.3 is 0 Å². The fourth-order valence-corrected chi connectivity index (χ4v) is 3.83. The van der Waals surface area contributed by atoms with E-state index in [9.17, 15) is 4.79 Å². The normalized spacial score (nSPS) is 23.0. The van der Waals surface area contributed by atoms with E-state index < -0.39 is 0 Å². The molecular weight excluding hydrogens is 328 g/mol. The summed E-state index contributed by atoms with van der Waals surface area (Å²) in [5.41, 5.74) is 1.85. The van der Waals surface area contributed by atoms with E-state index in [4.69, 9.17) is 20.9 Å². The number of carbonyl (C=O) groups excluding carboxylic acids is 1. The highest BCUT2D eigenvalue weighted by Gasteiger charge is 2.37. The second-order valence-corrected chi connectivity index (χ2v) is 6.95. The van der Waals surface area contributed by atoms with Crippen LogP contribution in [0.5, 0.6) is 5.75 Å². The minimum atomic E-state index is -0.176. The summed E-state index contributed by atoms with van der Waals surface area (Å²) < 4.78 is 11.0. The third-order valence-electron chi connectivity index (χ3n) is 4.80. The average Bonchev–Trinajstić information content (AvgIpc) is 3.22. The van der Waals surface area contributed by atoms with Crippen LogP contribution in [0.4, 0.5) is 0 Å². The van der Waals surface area contributed by atoms with Crippen LogP contribution < -0.4 is 4.74 Å². The van der Waals surface area contributed by atoms with Crippen LogP contribution in [0.15, 0.2) is 28.8 Å². The fourth-order valence-electron chi connectivity index (χ4n) is 3.64. The molecule has 2 aromatic rings. The van der Waals surface area contributed by atoms with Crippen molar-refractivity contribution in [1.82, 2.24) is 10.1 Å². The van der Waals surface area contributed by atoms with Crippen LogP contribution in [0.3, 0.4) is 0 Å². The summed E-state index contributed by atoms with van der Waals surface area (Å²) in [6, 6.07) is 7.50. The number of amides is 1. The maximum absolute atomic E-state index is 13.0. The van der Waals surface area contributed by atoms with Crippen molar-refractivity contribution in [2.24, 2.45) is 5.92 Å². The van der Waals surface area contributed by atoms with Crippen molar-refractivity contribution in [3.05, 3.63) is 46.3 Å². The third-order valence-corrected chi connectivity index (χ3v) is 5.04. The van der Waals surface area contributed by atoms with Crippen LogP contribution in [-0.2, 0) is 11.2 Å². The first kappa shape index (κ1) is 15.5. The molecule has 0 spiro atoms. The number of fused-ring (bicyclic) bond motifs is 1. The summed E-state index contributed by atoms with van der Waals surface area (Å²) in [7, 11) is 0. The van der Waals surface area contributed by atoms with Gasteiger partial charge in [0.2, 0.25) is 5.91 Å². The zero-order valence-electron chi connectivity index (χ0n) is 13.5. The van der Waals surface area contributed by atoms with E-state index in [0.29, 0.717) is 18.1 Å². The molecule has 6 heteroatoms. The number of aryl methyl sites for hydroxylation is 1. The first-order valence-electron chi connectivity index (χ1n) is 8.27. The zero-order valence-corrected chi connectivity index (χ0v) is 14.3. The van der Waals surface area contributed by atoms with E-state index in [0.717, 1.165) is 42.2 Å². The van der Waals surface area contributed by atoms with Gasteiger partial charge < -0.3 is 14.2 Å². The maximum Gasteiger partial charge on any atom is 0.230 e. The number of aromatic nitrogens is 1. The smallest absolute Gasteiger partial charge is 0.230 e. The van der Waals surface area contributed by atoms with E-state index in [1.807, 2.05) is 36.1 Å². The molecule has 0 bridgehead atoms. The number of hydrogen-bond donors (Lipinski definition) is 0. The molecule has 2 aliphatic heterocycles. The molecule has 1 saturated heterocycles. The van der Waals surface area contributed by atoms with Crippen LogP contribution in [0.1, 0.15) is 35.9 Å². The number of hydrogen-bond acceptors (Lipinski definition) is 4. The highest BCUT2D eigenvalue weighted by Crippen LogP contribution is 2.35. The van der Waals surface area contributed by atoms with Gasteiger partial charge in [0.15, 0.2) is 0 Å². The zero-order chi connectivity index (χ0) is 16.7. The molecule has 24 heavy (non-hydrogen) atoms. The molecule has 4 rings (SSSR count). The number of ether oxygens (including phenoxy) is 1. The van der Waals surface area contributed by atoms with Crippen molar-refractivity contribution >= 4 is 17.5 Å². The molecule has 1 amide bonds. The first-order valence-corrected chi connectivity index (χ1v) is 8.64. The summed E-state index contributed by atoms with van der Waals surface area (Å²) in [5.74, 6) is 1.55. The van der Waals surface area contributed by atoms with Gasteiger partial charge in [-0.05, 0) is 49.9 Å². The Balaban J connectivity index is 1.53. The molecule has 1 fully saturated rings. The molecule has 126 valence electrons. The first-order chi connectivity index (χ1) is 11.6. The second kappa shape index (κ2) is 6.13. The number of nitrogens with zero attached hydrogens (tertiary/aromatic N) is 2. The van der Waals surface area contributed by atoms with Crippen molar-refractivity contribution < 1.29 is 14.1 Å². The summed E-state index contributed by atoms with van der Waals surface area (Å²) in [6.45, 7) is 3.04. The lowest BCUT2D eigenvalue weighted by molar-refractivity contribution is -0.138. The standard InChI is InChI=1S/C18H19ClN2O3/c1-11-7-15(20-24-11)16-3-2-6-21(16)18(22)13-8-12-9-14(19)4-5-17(12)23-10-13/h4-5,7,9,13,16H,2-3,6,8,10H2,1H3/t13-,16+/m0/s1. The average molecular weight is 347 g/mol. The van der Waals surface area contributed by atoms with Gasteiger partial charge in [-0.1, -0.05) is 16.8 Å². The van der Waals surface area contributed by atoms with Crippen LogP contribution in [0.25, 0.3) is 0 Å². The molecule has 0 saturated carbocycles. The minimum absolute atomic E-state index is 0.00992. The van der Waals surface area contributed by atoms with E-state index >= 15 is 0 Å². The number of likely N-dealkylation sites (tertiary alicyclic amines) is 1. The van der Waals surface area contributed by atoms with Crippen molar-refractivity contribution in [1.29, 1.82) is 0 Å². The summed E-state index contributed by atoms with van der Waals surface area (Å²) in [6.07, 6.45) is 2.57. The molecule has 5 nitrogen and oxygen atoms in total. The Kier molecular flexibility index (Phi) is 3.96. The van der Waals surface area contributed by atoms with Gasteiger partial charge in [-0.25, -0.2) is 0 Å². The number of benzene rings is 1. The second-order valence-electron chi connectivity index (χ2n) is 6.52. The molecule has 3 heterocycles. The highest BCUT2D eigenvalue weighted by molar-refractivity contribution is 6.30. The van der Waals surface area contributed by atoms with Crippen molar-refractivity contribution in [3.8, 4) is 5.75 Å². The van der Waals surface area contributed by atoms with Gasteiger partial charge in [-0.3, -0.25) is 4.79 Å². The highest BCUT2D eigenvalue weighted by atomic mass is 35.5. The Morgan fingerprint density at radius 2 is 2.25 bits per heavy atom. The van der Waals surface area contributed by atoms with E-state index in [1.165, 1.54) is 0 Å². The number of carbonyl (C=O) groups is 1. The molecule has 1 aromatic carbocycles. The topological polar surface area (TPSA) is 55.6 Å². The van der Waals surface area contributed by atoms with Crippen LogP contribution in [-0.4, -0.2) is 29.1 Å². The molecule has 1 aromatic heterocycles. The Hall–Kier alpha value is -2.01. The fraction of sp³-hybridized carbons (Fsp3) is 0.444. The summed E-state index contributed by atoms with van der Waals surface area (Å²) in [4.78, 5) is 15.0. The number of halogens is 1.